The van der Waals surface area contributed by atoms with Crippen LogP contribution in [0.3, 0.4) is 0 Å². The third kappa shape index (κ3) is 1.22. The summed E-state index contributed by atoms with van der Waals surface area (Å²) in [4.78, 5) is 0. The third-order valence-electron chi connectivity index (χ3n) is 2.31. The van der Waals surface area contributed by atoms with E-state index in [0.29, 0.717) is 0 Å². The van der Waals surface area contributed by atoms with Crippen molar-refractivity contribution in [1.29, 1.82) is 0 Å². The maximum Gasteiger partial charge on any atom is 0.255 e. The molecule has 0 radical (unpaired) electrons. The SMILES string of the molecule is Cc1ccc([C@@H]2CC2(F)F)cc1. The highest BCUT2D eigenvalue weighted by molar-refractivity contribution is 5.31. The zero-order valence-electron chi connectivity index (χ0n) is 6.85. The lowest BCUT2D eigenvalue weighted by Crippen LogP contribution is -1.92. The fourth-order valence-corrected chi connectivity index (χ4v) is 1.37. The zero-order chi connectivity index (χ0) is 8.77. The number of hydrogen-bond acceptors (Lipinski definition) is 0. The van der Waals surface area contributed by atoms with Crippen LogP contribution in [0, 0.1) is 6.92 Å². The molecule has 1 fully saturated rings. The zero-order valence-corrected chi connectivity index (χ0v) is 6.85. The quantitative estimate of drug-likeness (QED) is 0.604. The highest BCUT2D eigenvalue weighted by Crippen LogP contribution is 2.55. The van der Waals surface area contributed by atoms with Crippen LogP contribution >= 0.6 is 0 Å². The molecule has 0 N–H and O–H groups in total. The molecule has 1 aromatic rings. The molecular weight excluding hydrogens is 158 g/mol. The molecule has 2 heteroatoms. The molecule has 0 saturated heterocycles. The van der Waals surface area contributed by atoms with E-state index in [-0.39, 0.29) is 6.42 Å². The molecule has 2 rings (SSSR count). The fraction of sp³-hybridized carbons (Fsp3) is 0.400. The summed E-state index contributed by atoms with van der Waals surface area (Å²) in [7, 11) is 0. The number of benzene rings is 1. The molecular formula is C10H10F2. The first-order valence-electron chi connectivity index (χ1n) is 4.04. The molecule has 1 aromatic carbocycles. The maximum atomic E-state index is 12.6. The summed E-state index contributed by atoms with van der Waals surface area (Å²) in [5, 5.41) is 0. The van der Waals surface area contributed by atoms with Crippen molar-refractivity contribution in [2.24, 2.45) is 0 Å². The van der Waals surface area contributed by atoms with Crippen molar-refractivity contribution >= 4 is 0 Å². The second-order valence-electron chi connectivity index (χ2n) is 3.43. The fourth-order valence-electron chi connectivity index (χ4n) is 1.37. The van der Waals surface area contributed by atoms with E-state index < -0.39 is 11.8 Å². The minimum Gasteiger partial charge on any atom is -0.206 e. The second kappa shape index (κ2) is 2.28. The van der Waals surface area contributed by atoms with E-state index in [1.54, 1.807) is 12.1 Å². The van der Waals surface area contributed by atoms with E-state index in [2.05, 4.69) is 0 Å². The summed E-state index contributed by atoms with van der Waals surface area (Å²) in [6, 6.07) is 7.34. The minimum absolute atomic E-state index is 0.0239. The largest absolute Gasteiger partial charge is 0.255 e. The molecule has 1 aliphatic rings. The Kier molecular flexibility index (Phi) is 1.47. The van der Waals surface area contributed by atoms with Crippen molar-refractivity contribution in [2.75, 3.05) is 0 Å². The summed E-state index contributed by atoms with van der Waals surface area (Å²) in [5.74, 6) is -2.95. The lowest BCUT2D eigenvalue weighted by atomic mass is 10.1. The number of rotatable bonds is 1. The average molecular weight is 168 g/mol. The normalized spacial score (nSPS) is 25.4. The van der Waals surface area contributed by atoms with Crippen LogP contribution < -0.4 is 0 Å². The van der Waals surface area contributed by atoms with Crippen LogP contribution in [0.15, 0.2) is 24.3 Å². The Bertz CT molecular complexity index is 287. The van der Waals surface area contributed by atoms with Gasteiger partial charge in [-0.05, 0) is 12.5 Å². The van der Waals surface area contributed by atoms with Gasteiger partial charge < -0.3 is 0 Å². The first kappa shape index (κ1) is 7.71. The van der Waals surface area contributed by atoms with E-state index in [4.69, 9.17) is 0 Å². The molecule has 0 heterocycles. The summed E-state index contributed by atoms with van der Waals surface area (Å²) in [6.45, 7) is 1.95. The molecule has 64 valence electrons. The van der Waals surface area contributed by atoms with Crippen LogP contribution in [0.5, 0.6) is 0 Å². The van der Waals surface area contributed by atoms with Crippen molar-refractivity contribution in [3.63, 3.8) is 0 Å². The van der Waals surface area contributed by atoms with Gasteiger partial charge in [0, 0.05) is 6.42 Å². The van der Waals surface area contributed by atoms with Gasteiger partial charge in [-0.15, -0.1) is 0 Å². The first-order chi connectivity index (χ1) is 5.59. The summed E-state index contributed by atoms with van der Waals surface area (Å²) >= 11 is 0. The molecule has 0 unspecified atom stereocenters. The van der Waals surface area contributed by atoms with Crippen LogP contribution in [-0.2, 0) is 0 Å². The lowest BCUT2D eigenvalue weighted by molar-refractivity contribution is 0.112. The molecule has 0 aliphatic heterocycles. The van der Waals surface area contributed by atoms with Gasteiger partial charge in [0.2, 0.25) is 0 Å². The van der Waals surface area contributed by atoms with Crippen LogP contribution in [-0.4, -0.2) is 5.92 Å². The van der Waals surface area contributed by atoms with E-state index in [1.807, 2.05) is 19.1 Å². The van der Waals surface area contributed by atoms with E-state index >= 15 is 0 Å². The Labute approximate surface area is 70.2 Å². The van der Waals surface area contributed by atoms with Gasteiger partial charge >= 0.3 is 0 Å². The van der Waals surface area contributed by atoms with Crippen LogP contribution in [0.2, 0.25) is 0 Å². The van der Waals surface area contributed by atoms with E-state index in [1.165, 1.54) is 0 Å². The van der Waals surface area contributed by atoms with Gasteiger partial charge in [0.1, 0.15) is 0 Å². The van der Waals surface area contributed by atoms with Gasteiger partial charge in [0.25, 0.3) is 5.92 Å². The van der Waals surface area contributed by atoms with Crippen molar-refractivity contribution < 1.29 is 8.78 Å². The van der Waals surface area contributed by atoms with E-state index in [0.717, 1.165) is 11.1 Å². The number of aryl methyl sites for hydroxylation is 1. The standard InChI is InChI=1S/C10H10F2/c1-7-2-4-8(5-3-7)9-6-10(9,11)12/h2-5,9H,6H2,1H3/t9-/m0/s1. The van der Waals surface area contributed by atoms with Crippen molar-refractivity contribution in [1.82, 2.24) is 0 Å². The Morgan fingerprint density at radius 1 is 1.25 bits per heavy atom. The second-order valence-corrected chi connectivity index (χ2v) is 3.43. The van der Waals surface area contributed by atoms with Gasteiger partial charge in [-0.2, -0.15) is 0 Å². The van der Waals surface area contributed by atoms with Crippen LogP contribution in [0.25, 0.3) is 0 Å². The molecule has 1 saturated carbocycles. The van der Waals surface area contributed by atoms with Gasteiger partial charge in [0.15, 0.2) is 0 Å². The summed E-state index contributed by atoms with van der Waals surface area (Å²) in [5.41, 5.74) is 1.88. The monoisotopic (exact) mass is 168 g/mol. The Morgan fingerprint density at radius 2 is 1.75 bits per heavy atom. The minimum atomic E-state index is -2.44. The number of halogens is 2. The van der Waals surface area contributed by atoms with Gasteiger partial charge in [-0.1, -0.05) is 29.8 Å². The van der Waals surface area contributed by atoms with Crippen LogP contribution in [0.4, 0.5) is 8.78 Å². The predicted octanol–water partition coefficient (Wildman–Crippen LogP) is 3.12. The third-order valence-corrected chi connectivity index (χ3v) is 2.31. The Hall–Kier alpha value is -0.920. The van der Waals surface area contributed by atoms with Crippen molar-refractivity contribution in [2.45, 2.75) is 25.2 Å². The van der Waals surface area contributed by atoms with Crippen molar-refractivity contribution in [3.8, 4) is 0 Å². The summed E-state index contributed by atoms with van der Waals surface area (Å²) < 4.78 is 25.2. The number of alkyl halides is 2. The highest BCUT2D eigenvalue weighted by atomic mass is 19.3. The lowest BCUT2D eigenvalue weighted by Gasteiger charge is -1.98. The van der Waals surface area contributed by atoms with Crippen molar-refractivity contribution in [3.05, 3.63) is 35.4 Å². The molecule has 0 nitrogen and oxygen atoms in total. The van der Waals surface area contributed by atoms with Gasteiger partial charge in [-0.3, -0.25) is 0 Å². The molecule has 12 heavy (non-hydrogen) atoms. The summed E-state index contributed by atoms with van der Waals surface area (Å²) in [6.07, 6.45) is 0.0239. The molecule has 1 atom stereocenters. The number of hydrogen-bond donors (Lipinski definition) is 0. The molecule has 0 spiro atoms. The molecule has 0 bridgehead atoms. The van der Waals surface area contributed by atoms with E-state index in [9.17, 15) is 8.78 Å². The maximum absolute atomic E-state index is 12.6. The molecule has 0 amide bonds. The molecule has 1 aliphatic carbocycles. The Balaban J connectivity index is 2.21. The topological polar surface area (TPSA) is 0 Å². The predicted molar refractivity (Wildman–Crippen MR) is 43.5 cm³/mol. The first-order valence-corrected chi connectivity index (χ1v) is 4.04. The Morgan fingerprint density at radius 3 is 2.17 bits per heavy atom. The van der Waals surface area contributed by atoms with Crippen LogP contribution in [0.1, 0.15) is 23.5 Å². The van der Waals surface area contributed by atoms with Gasteiger partial charge in [-0.25, -0.2) is 8.78 Å². The smallest absolute Gasteiger partial charge is 0.206 e. The highest BCUT2D eigenvalue weighted by Gasteiger charge is 2.57. The molecule has 0 aromatic heterocycles. The average Bonchev–Trinajstić information content (AvgIpc) is 2.61. The van der Waals surface area contributed by atoms with Gasteiger partial charge in [0.05, 0.1) is 5.92 Å².